The average Bonchev–Trinajstić information content (AvgIpc) is 2.47. The maximum atomic E-state index is 8.69. The normalized spacial score (nSPS) is 12.1. The number of ether oxygens (including phenoxy) is 1. The molecular formula is C15H25N3O2. The van der Waals surface area contributed by atoms with Crippen molar-refractivity contribution in [2.75, 3.05) is 26.3 Å². The largest absolute Gasteiger partial charge is 0.409 e. The van der Waals surface area contributed by atoms with Gasteiger partial charge in [-0.05, 0) is 37.6 Å². The van der Waals surface area contributed by atoms with Crippen LogP contribution in [0.15, 0.2) is 23.4 Å². The van der Waals surface area contributed by atoms with E-state index in [9.17, 15) is 0 Å². The third kappa shape index (κ3) is 4.83. The fourth-order valence-corrected chi connectivity index (χ4v) is 2.02. The van der Waals surface area contributed by atoms with Gasteiger partial charge >= 0.3 is 0 Å². The molecule has 0 aliphatic carbocycles. The van der Waals surface area contributed by atoms with E-state index in [2.05, 4.69) is 17.0 Å². The van der Waals surface area contributed by atoms with Crippen molar-refractivity contribution in [3.8, 4) is 0 Å². The van der Waals surface area contributed by atoms with Gasteiger partial charge in [-0.2, -0.15) is 0 Å². The van der Waals surface area contributed by atoms with Gasteiger partial charge in [-0.3, -0.25) is 4.90 Å². The molecule has 3 N–H and O–H groups in total. The number of nitrogens with two attached hydrogens (primary N) is 1. The van der Waals surface area contributed by atoms with Crippen LogP contribution in [-0.4, -0.2) is 42.2 Å². The second kappa shape index (κ2) is 8.55. The zero-order chi connectivity index (χ0) is 15.0. The molecule has 0 unspecified atom stereocenters. The van der Waals surface area contributed by atoms with Gasteiger partial charge in [-0.25, -0.2) is 0 Å². The van der Waals surface area contributed by atoms with Crippen molar-refractivity contribution in [2.45, 2.75) is 27.3 Å². The van der Waals surface area contributed by atoms with Crippen LogP contribution >= 0.6 is 0 Å². The Kier molecular flexibility index (Phi) is 7.04. The first-order chi connectivity index (χ1) is 9.62. The zero-order valence-electron chi connectivity index (χ0n) is 12.6. The number of amidine groups is 1. The molecule has 0 radical (unpaired) electrons. The highest BCUT2D eigenvalue weighted by molar-refractivity contribution is 5.97. The van der Waals surface area contributed by atoms with Gasteiger partial charge in [0, 0.05) is 25.3 Å². The summed E-state index contributed by atoms with van der Waals surface area (Å²) in [5.41, 5.74) is 8.73. The molecule has 5 nitrogen and oxygen atoms in total. The third-order valence-electron chi connectivity index (χ3n) is 3.34. The van der Waals surface area contributed by atoms with E-state index >= 15 is 0 Å². The first kappa shape index (κ1) is 16.5. The molecular weight excluding hydrogens is 254 g/mol. The Balaban J connectivity index is 2.71. The number of aryl methyl sites for hydroxylation is 1. The Bertz CT molecular complexity index is 447. The van der Waals surface area contributed by atoms with E-state index in [4.69, 9.17) is 15.7 Å². The molecule has 1 rings (SSSR count). The van der Waals surface area contributed by atoms with E-state index < -0.39 is 0 Å². The average molecular weight is 279 g/mol. The topological polar surface area (TPSA) is 71.1 Å². The Morgan fingerprint density at radius 3 is 2.70 bits per heavy atom. The van der Waals surface area contributed by atoms with Gasteiger partial charge in [0.15, 0.2) is 5.84 Å². The van der Waals surface area contributed by atoms with E-state index in [-0.39, 0.29) is 5.84 Å². The Labute approximate surface area is 121 Å². The van der Waals surface area contributed by atoms with E-state index in [1.54, 1.807) is 0 Å². The van der Waals surface area contributed by atoms with Gasteiger partial charge in [-0.1, -0.05) is 24.2 Å². The van der Waals surface area contributed by atoms with Crippen LogP contribution < -0.4 is 5.73 Å². The molecule has 0 aliphatic heterocycles. The Morgan fingerprint density at radius 2 is 2.15 bits per heavy atom. The number of benzene rings is 1. The summed E-state index contributed by atoms with van der Waals surface area (Å²) in [5, 5.41) is 11.7. The van der Waals surface area contributed by atoms with Gasteiger partial charge in [0.05, 0.1) is 6.61 Å². The van der Waals surface area contributed by atoms with Gasteiger partial charge in [0.25, 0.3) is 0 Å². The summed E-state index contributed by atoms with van der Waals surface area (Å²) in [5.74, 6) is 0.142. The number of likely N-dealkylation sites (N-methyl/N-ethyl adjacent to an activating group) is 1. The summed E-state index contributed by atoms with van der Waals surface area (Å²) in [7, 11) is 0. The lowest BCUT2D eigenvalue weighted by Gasteiger charge is -2.21. The summed E-state index contributed by atoms with van der Waals surface area (Å²) < 4.78 is 5.40. The van der Waals surface area contributed by atoms with Gasteiger partial charge in [0.1, 0.15) is 0 Å². The predicted molar refractivity (Wildman–Crippen MR) is 81.1 cm³/mol. The van der Waals surface area contributed by atoms with Crippen LogP contribution in [0.2, 0.25) is 0 Å². The molecule has 0 aromatic heterocycles. The van der Waals surface area contributed by atoms with Crippen LogP contribution in [0.3, 0.4) is 0 Å². The van der Waals surface area contributed by atoms with Crippen LogP contribution in [0.1, 0.15) is 30.5 Å². The molecule has 20 heavy (non-hydrogen) atoms. The van der Waals surface area contributed by atoms with E-state index in [0.29, 0.717) is 0 Å². The van der Waals surface area contributed by atoms with Crippen LogP contribution in [0, 0.1) is 6.92 Å². The molecule has 0 saturated heterocycles. The van der Waals surface area contributed by atoms with E-state index in [0.717, 1.165) is 44.0 Å². The molecule has 5 heteroatoms. The van der Waals surface area contributed by atoms with Crippen molar-refractivity contribution < 1.29 is 9.94 Å². The number of hydrogen-bond donors (Lipinski definition) is 2. The molecule has 1 aromatic rings. The smallest absolute Gasteiger partial charge is 0.170 e. The second-order valence-corrected chi connectivity index (χ2v) is 4.69. The number of hydrogen-bond acceptors (Lipinski definition) is 4. The predicted octanol–water partition coefficient (Wildman–Crippen LogP) is 1.95. The molecule has 0 amide bonds. The number of nitrogens with zero attached hydrogens (tertiary/aromatic N) is 2. The van der Waals surface area contributed by atoms with Crippen LogP contribution in [0.5, 0.6) is 0 Å². The first-order valence-corrected chi connectivity index (χ1v) is 6.99. The minimum absolute atomic E-state index is 0.142. The molecule has 0 aliphatic rings. The highest BCUT2D eigenvalue weighted by atomic mass is 16.5. The molecule has 0 saturated carbocycles. The summed E-state index contributed by atoms with van der Waals surface area (Å²) in [6.45, 7) is 10.5. The van der Waals surface area contributed by atoms with E-state index in [1.165, 1.54) is 5.56 Å². The minimum atomic E-state index is 0.142. The van der Waals surface area contributed by atoms with E-state index in [1.807, 2.05) is 32.0 Å². The summed E-state index contributed by atoms with van der Waals surface area (Å²) in [6.07, 6.45) is 0. The van der Waals surface area contributed by atoms with Crippen molar-refractivity contribution in [3.63, 3.8) is 0 Å². The summed E-state index contributed by atoms with van der Waals surface area (Å²) in [4.78, 5) is 2.33. The molecule has 0 spiro atoms. The molecule has 0 bridgehead atoms. The SMILES string of the molecule is CCOCCN(CC)Cc1ccc(/C(N)=N/O)cc1C. The fraction of sp³-hybridized carbons (Fsp3) is 0.533. The van der Waals surface area contributed by atoms with Crippen molar-refractivity contribution in [2.24, 2.45) is 10.9 Å². The highest BCUT2D eigenvalue weighted by Crippen LogP contribution is 2.13. The summed E-state index contributed by atoms with van der Waals surface area (Å²) in [6, 6.07) is 5.86. The quantitative estimate of drug-likeness (QED) is 0.251. The molecule has 1 aromatic carbocycles. The lowest BCUT2D eigenvalue weighted by atomic mass is 10.0. The highest BCUT2D eigenvalue weighted by Gasteiger charge is 2.08. The third-order valence-corrected chi connectivity index (χ3v) is 3.34. The lowest BCUT2D eigenvalue weighted by molar-refractivity contribution is 0.113. The van der Waals surface area contributed by atoms with Gasteiger partial charge in [0.2, 0.25) is 0 Å². The minimum Gasteiger partial charge on any atom is -0.409 e. The maximum absolute atomic E-state index is 8.69. The van der Waals surface area contributed by atoms with Crippen molar-refractivity contribution in [1.29, 1.82) is 0 Å². The van der Waals surface area contributed by atoms with Gasteiger partial charge in [-0.15, -0.1) is 0 Å². The number of oxime groups is 1. The molecule has 0 heterocycles. The van der Waals surface area contributed by atoms with Crippen LogP contribution in [-0.2, 0) is 11.3 Å². The van der Waals surface area contributed by atoms with Gasteiger partial charge < -0.3 is 15.7 Å². The molecule has 0 fully saturated rings. The maximum Gasteiger partial charge on any atom is 0.170 e. The van der Waals surface area contributed by atoms with Crippen molar-refractivity contribution in [1.82, 2.24) is 4.90 Å². The first-order valence-electron chi connectivity index (χ1n) is 6.99. The van der Waals surface area contributed by atoms with Crippen molar-refractivity contribution in [3.05, 3.63) is 34.9 Å². The fourth-order valence-electron chi connectivity index (χ4n) is 2.02. The summed E-state index contributed by atoms with van der Waals surface area (Å²) >= 11 is 0. The van der Waals surface area contributed by atoms with Crippen molar-refractivity contribution >= 4 is 5.84 Å². The molecule has 112 valence electrons. The Morgan fingerprint density at radius 1 is 1.40 bits per heavy atom. The second-order valence-electron chi connectivity index (χ2n) is 4.69. The molecule has 0 atom stereocenters. The lowest BCUT2D eigenvalue weighted by Crippen LogP contribution is -2.27. The standard InChI is InChI=1S/C15H25N3O2/c1-4-18(8-9-20-5-2)11-14-7-6-13(10-12(14)3)15(16)17-19/h6-7,10,19H,4-5,8-9,11H2,1-3H3,(H2,16,17). The monoisotopic (exact) mass is 279 g/mol. The number of rotatable bonds is 8. The van der Waals surface area contributed by atoms with Crippen LogP contribution in [0.4, 0.5) is 0 Å². The van der Waals surface area contributed by atoms with Crippen LogP contribution in [0.25, 0.3) is 0 Å². The Hall–Kier alpha value is -1.59. The zero-order valence-corrected chi connectivity index (χ0v) is 12.6.